The van der Waals surface area contributed by atoms with Crippen LogP contribution in [-0.4, -0.2) is 31.0 Å². The van der Waals surface area contributed by atoms with Crippen molar-refractivity contribution in [2.75, 3.05) is 13.2 Å². The molecule has 2 amide bonds. The van der Waals surface area contributed by atoms with E-state index < -0.39 is 17.8 Å². The summed E-state index contributed by atoms with van der Waals surface area (Å²) >= 11 is 0. The van der Waals surface area contributed by atoms with Crippen molar-refractivity contribution in [2.45, 2.75) is 6.92 Å². The number of hydrogen-bond donors (Lipinski definition) is 2. The number of nitrogens with one attached hydrogen (secondary N) is 2. The molecule has 0 saturated heterocycles. The first-order valence-electron chi connectivity index (χ1n) is 7.63. The minimum absolute atomic E-state index is 0.216. The first-order valence-corrected chi connectivity index (χ1v) is 7.63. The molecule has 0 atom stereocenters. The number of carbonyl (C=O) groups is 3. The van der Waals surface area contributed by atoms with Crippen molar-refractivity contribution in [3.05, 3.63) is 54.6 Å². The Morgan fingerprint density at radius 3 is 2.52 bits per heavy atom. The van der Waals surface area contributed by atoms with Crippen molar-refractivity contribution < 1.29 is 23.9 Å². The maximum Gasteiger partial charge on any atom is 0.330 e. The molecule has 130 valence electrons. The van der Waals surface area contributed by atoms with Crippen molar-refractivity contribution in [3.8, 4) is 5.75 Å². The third-order valence-corrected chi connectivity index (χ3v) is 3.07. The fraction of sp³-hybridized carbons (Fsp3) is 0.167. The lowest BCUT2D eigenvalue weighted by Crippen LogP contribution is -2.43. The van der Waals surface area contributed by atoms with Crippen LogP contribution in [0.3, 0.4) is 0 Å². The van der Waals surface area contributed by atoms with Crippen LogP contribution in [0.2, 0.25) is 0 Å². The summed E-state index contributed by atoms with van der Waals surface area (Å²) in [5.41, 5.74) is 4.31. The average Bonchev–Trinajstić information content (AvgIpc) is 2.63. The molecule has 2 N–H and O–H groups in total. The normalized spacial score (nSPS) is 10.4. The van der Waals surface area contributed by atoms with E-state index in [1.54, 1.807) is 13.0 Å². The van der Waals surface area contributed by atoms with E-state index in [9.17, 15) is 14.4 Å². The zero-order valence-electron chi connectivity index (χ0n) is 13.7. The zero-order chi connectivity index (χ0) is 18.1. The maximum absolute atomic E-state index is 11.7. The van der Waals surface area contributed by atoms with Crippen molar-refractivity contribution in [2.24, 2.45) is 0 Å². The van der Waals surface area contributed by atoms with Gasteiger partial charge >= 0.3 is 5.97 Å². The predicted octanol–water partition coefficient (Wildman–Crippen LogP) is 1.49. The van der Waals surface area contributed by atoms with Crippen molar-refractivity contribution in [1.29, 1.82) is 0 Å². The Hall–Kier alpha value is -3.35. The molecule has 0 unspecified atom stereocenters. The highest BCUT2D eigenvalue weighted by molar-refractivity contribution is 5.95. The number of benzene rings is 2. The first-order chi connectivity index (χ1) is 12.1. The van der Waals surface area contributed by atoms with Crippen LogP contribution < -0.4 is 15.6 Å². The van der Waals surface area contributed by atoms with Gasteiger partial charge in [0.2, 0.25) is 0 Å². The van der Waals surface area contributed by atoms with Gasteiger partial charge in [-0.15, -0.1) is 0 Å². The van der Waals surface area contributed by atoms with Gasteiger partial charge < -0.3 is 9.47 Å². The summed E-state index contributed by atoms with van der Waals surface area (Å²) < 4.78 is 10.0. The van der Waals surface area contributed by atoms with Gasteiger partial charge in [-0.05, 0) is 29.8 Å². The lowest BCUT2D eigenvalue weighted by molar-refractivity contribution is -0.137. The van der Waals surface area contributed by atoms with Crippen LogP contribution in [-0.2, 0) is 19.1 Å². The summed E-state index contributed by atoms with van der Waals surface area (Å²) in [6.45, 7) is 1.61. The van der Waals surface area contributed by atoms with Gasteiger partial charge in [0.15, 0.2) is 6.61 Å². The number of fused-ring (bicyclic) bond motifs is 1. The third kappa shape index (κ3) is 5.98. The Bertz CT molecular complexity index is 801. The molecule has 0 aliphatic rings. The monoisotopic (exact) mass is 342 g/mol. The van der Waals surface area contributed by atoms with Crippen LogP contribution in [0.15, 0.2) is 54.6 Å². The van der Waals surface area contributed by atoms with Gasteiger partial charge in [0.1, 0.15) is 5.75 Å². The Kier molecular flexibility index (Phi) is 6.53. The summed E-state index contributed by atoms with van der Waals surface area (Å²) in [6, 6.07) is 13.3. The molecule has 0 bridgehead atoms. The molecule has 25 heavy (non-hydrogen) atoms. The van der Waals surface area contributed by atoms with E-state index >= 15 is 0 Å². The second-order valence-corrected chi connectivity index (χ2v) is 4.92. The molecule has 0 heterocycles. The van der Waals surface area contributed by atoms with Crippen LogP contribution in [0.1, 0.15) is 6.92 Å². The van der Waals surface area contributed by atoms with E-state index in [-0.39, 0.29) is 13.2 Å². The number of hydrazine groups is 1. The second kappa shape index (κ2) is 9.07. The van der Waals surface area contributed by atoms with Crippen LogP contribution in [0.4, 0.5) is 0 Å². The Morgan fingerprint density at radius 2 is 1.76 bits per heavy atom. The van der Waals surface area contributed by atoms with Gasteiger partial charge in [-0.2, -0.15) is 0 Å². The standard InChI is InChI=1S/C18H18N2O5/c1-2-24-18(23)10-9-16(21)19-20-17(22)12-25-15-8-7-13-5-3-4-6-14(13)11-15/h3-11H,2,12H2,1H3,(H,19,21)(H,20,22). The maximum atomic E-state index is 11.7. The molecule has 7 nitrogen and oxygen atoms in total. The zero-order valence-corrected chi connectivity index (χ0v) is 13.7. The van der Waals surface area contributed by atoms with Crippen LogP contribution >= 0.6 is 0 Å². The minimum atomic E-state index is -0.660. The molecular weight excluding hydrogens is 324 g/mol. The molecule has 0 radical (unpaired) electrons. The molecule has 2 aromatic carbocycles. The van der Waals surface area contributed by atoms with E-state index in [4.69, 9.17) is 4.74 Å². The van der Waals surface area contributed by atoms with E-state index in [1.807, 2.05) is 36.4 Å². The minimum Gasteiger partial charge on any atom is -0.484 e. The molecule has 0 saturated carbocycles. The van der Waals surface area contributed by atoms with Gasteiger partial charge in [-0.25, -0.2) is 4.79 Å². The van der Waals surface area contributed by atoms with Crippen LogP contribution in [0.25, 0.3) is 10.8 Å². The molecule has 0 fully saturated rings. The highest BCUT2D eigenvalue weighted by Crippen LogP contribution is 2.20. The largest absolute Gasteiger partial charge is 0.484 e. The summed E-state index contributed by atoms with van der Waals surface area (Å²) in [5, 5.41) is 2.07. The first kappa shape index (κ1) is 18.0. The number of ether oxygens (including phenoxy) is 2. The van der Waals surface area contributed by atoms with E-state index in [0.717, 1.165) is 22.9 Å². The Balaban J connectivity index is 1.76. The van der Waals surface area contributed by atoms with E-state index in [0.29, 0.717) is 5.75 Å². The van der Waals surface area contributed by atoms with E-state index in [2.05, 4.69) is 15.6 Å². The van der Waals surface area contributed by atoms with Crippen molar-refractivity contribution in [3.63, 3.8) is 0 Å². The molecule has 2 aromatic rings. The van der Waals surface area contributed by atoms with Crippen LogP contribution in [0.5, 0.6) is 5.75 Å². The predicted molar refractivity (Wildman–Crippen MR) is 91.5 cm³/mol. The summed E-state index contributed by atoms with van der Waals surface area (Å²) in [4.78, 5) is 34.1. The summed E-state index contributed by atoms with van der Waals surface area (Å²) in [6.07, 6.45) is 1.93. The van der Waals surface area contributed by atoms with Gasteiger partial charge in [-0.1, -0.05) is 30.3 Å². The molecule has 0 aliphatic carbocycles. The molecule has 0 spiro atoms. The number of carbonyl (C=O) groups excluding carboxylic acids is 3. The van der Waals surface area contributed by atoms with Gasteiger partial charge in [0.05, 0.1) is 6.61 Å². The van der Waals surface area contributed by atoms with E-state index in [1.165, 1.54) is 0 Å². The summed E-state index contributed by atoms with van der Waals surface area (Å²) in [7, 11) is 0. The van der Waals surface area contributed by atoms with Crippen LogP contribution in [0, 0.1) is 0 Å². The lowest BCUT2D eigenvalue weighted by atomic mass is 10.1. The summed E-state index contributed by atoms with van der Waals surface area (Å²) in [5.74, 6) is -1.29. The van der Waals surface area contributed by atoms with Crippen molar-refractivity contribution in [1.82, 2.24) is 10.9 Å². The average molecular weight is 342 g/mol. The number of amides is 2. The molecule has 0 aliphatic heterocycles. The van der Waals surface area contributed by atoms with Gasteiger partial charge in [0.25, 0.3) is 11.8 Å². The quantitative estimate of drug-likeness (QED) is 0.471. The smallest absolute Gasteiger partial charge is 0.330 e. The highest BCUT2D eigenvalue weighted by atomic mass is 16.5. The number of hydrogen-bond acceptors (Lipinski definition) is 5. The third-order valence-electron chi connectivity index (χ3n) is 3.07. The SMILES string of the molecule is CCOC(=O)C=CC(=O)NNC(=O)COc1ccc2ccccc2c1. The molecular formula is C18H18N2O5. The van der Waals surface area contributed by atoms with Gasteiger partial charge in [-0.3, -0.25) is 20.4 Å². The topological polar surface area (TPSA) is 93.7 Å². The highest BCUT2D eigenvalue weighted by Gasteiger charge is 2.05. The number of esters is 1. The van der Waals surface area contributed by atoms with Gasteiger partial charge in [0, 0.05) is 12.2 Å². The Labute approximate surface area is 144 Å². The Morgan fingerprint density at radius 1 is 1.00 bits per heavy atom. The fourth-order valence-electron chi connectivity index (χ4n) is 1.95. The molecule has 7 heteroatoms. The molecule has 0 aromatic heterocycles. The molecule has 2 rings (SSSR count). The fourth-order valence-corrected chi connectivity index (χ4v) is 1.95. The van der Waals surface area contributed by atoms with Crippen molar-refractivity contribution >= 4 is 28.6 Å². The number of rotatable bonds is 6. The second-order valence-electron chi connectivity index (χ2n) is 4.92. The lowest BCUT2D eigenvalue weighted by Gasteiger charge is -2.08.